The van der Waals surface area contributed by atoms with Gasteiger partial charge in [0, 0.05) is 13.7 Å². The second-order valence-electron chi connectivity index (χ2n) is 4.78. The van der Waals surface area contributed by atoms with Gasteiger partial charge in [-0.3, -0.25) is 4.79 Å². The molecule has 0 saturated heterocycles. The van der Waals surface area contributed by atoms with Gasteiger partial charge in [-0.2, -0.15) is 0 Å². The SMILES string of the molecule is COCCNC(=O)C(C)n1c(=S)[nH]c2cc(C)ccc21. The number of aromatic amines is 1. The molecule has 0 saturated carbocycles. The molecule has 5 nitrogen and oxygen atoms in total. The highest BCUT2D eigenvalue weighted by Gasteiger charge is 2.18. The van der Waals surface area contributed by atoms with Crippen molar-refractivity contribution in [3.8, 4) is 0 Å². The maximum Gasteiger partial charge on any atom is 0.242 e. The van der Waals surface area contributed by atoms with Gasteiger partial charge in [0.05, 0.1) is 17.6 Å². The molecule has 108 valence electrons. The Balaban J connectivity index is 2.30. The van der Waals surface area contributed by atoms with Crippen molar-refractivity contribution in [2.24, 2.45) is 0 Å². The quantitative estimate of drug-likeness (QED) is 0.657. The number of methoxy groups -OCH3 is 1. The average molecular weight is 293 g/mol. The minimum absolute atomic E-state index is 0.0698. The zero-order valence-electron chi connectivity index (χ0n) is 11.9. The molecule has 0 spiro atoms. The highest BCUT2D eigenvalue weighted by Crippen LogP contribution is 2.20. The van der Waals surface area contributed by atoms with Crippen LogP contribution in [0, 0.1) is 11.7 Å². The monoisotopic (exact) mass is 293 g/mol. The molecular formula is C14H19N3O2S. The first kappa shape index (κ1) is 14.7. The fourth-order valence-corrected chi connectivity index (χ4v) is 2.54. The maximum absolute atomic E-state index is 12.1. The van der Waals surface area contributed by atoms with Crippen molar-refractivity contribution in [3.05, 3.63) is 28.5 Å². The van der Waals surface area contributed by atoms with E-state index in [0.717, 1.165) is 16.6 Å². The summed E-state index contributed by atoms with van der Waals surface area (Å²) in [5, 5.41) is 2.83. The summed E-state index contributed by atoms with van der Waals surface area (Å²) in [4.78, 5) is 15.3. The van der Waals surface area contributed by atoms with E-state index in [1.807, 2.05) is 36.6 Å². The summed E-state index contributed by atoms with van der Waals surface area (Å²) < 4.78 is 7.32. The summed E-state index contributed by atoms with van der Waals surface area (Å²) in [5.74, 6) is -0.0698. The van der Waals surface area contributed by atoms with E-state index in [1.54, 1.807) is 7.11 Å². The minimum Gasteiger partial charge on any atom is -0.383 e. The lowest BCUT2D eigenvalue weighted by Crippen LogP contribution is -2.33. The Morgan fingerprint density at radius 3 is 3.00 bits per heavy atom. The second kappa shape index (κ2) is 6.19. The fraction of sp³-hybridized carbons (Fsp3) is 0.429. The Kier molecular flexibility index (Phi) is 4.57. The average Bonchev–Trinajstić information content (AvgIpc) is 2.73. The number of hydrogen-bond donors (Lipinski definition) is 2. The molecule has 2 N–H and O–H groups in total. The van der Waals surface area contributed by atoms with E-state index in [2.05, 4.69) is 10.3 Å². The number of nitrogens with one attached hydrogen (secondary N) is 2. The predicted octanol–water partition coefficient (Wildman–Crippen LogP) is 2.33. The summed E-state index contributed by atoms with van der Waals surface area (Å²) in [5.41, 5.74) is 3.04. The Bertz CT molecular complexity index is 675. The zero-order valence-corrected chi connectivity index (χ0v) is 12.7. The van der Waals surface area contributed by atoms with Crippen LogP contribution in [0.15, 0.2) is 18.2 Å². The molecule has 0 radical (unpaired) electrons. The van der Waals surface area contributed by atoms with E-state index in [4.69, 9.17) is 17.0 Å². The van der Waals surface area contributed by atoms with Gasteiger partial charge in [0.2, 0.25) is 5.91 Å². The fourth-order valence-electron chi connectivity index (χ4n) is 2.17. The number of fused-ring (bicyclic) bond motifs is 1. The molecule has 0 aliphatic carbocycles. The van der Waals surface area contributed by atoms with Crippen LogP contribution in [0.5, 0.6) is 0 Å². The standard InChI is InChI=1S/C14H19N3O2S/c1-9-4-5-12-11(8-9)16-14(20)17(12)10(2)13(18)15-6-7-19-3/h4-5,8,10H,6-7H2,1-3H3,(H,15,18)(H,16,20). The third-order valence-electron chi connectivity index (χ3n) is 3.24. The first-order chi connectivity index (χ1) is 9.54. The highest BCUT2D eigenvalue weighted by atomic mass is 32.1. The Morgan fingerprint density at radius 2 is 2.30 bits per heavy atom. The molecule has 2 rings (SSSR count). The van der Waals surface area contributed by atoms with Crippen LogP contribution < -0.4 is 5.32 Å². The molecule has 1 atom stereocenters. The number of aromatic nitrogens is 2. The summed E-state index contributed by atoms with van der Waals surface area (Å²) in [6, 6.07) is 5.65. The molecule has 0 aliphatic rings. The van der Waals surface area contributed by atoms with E-state index in [1.165, 1.54) is 0 Å². The number of amides is 1. The van der Waals surface area contributed by atoms with Crippen LogP contribution in [0.2, 0.25) is 0 Å². The summed E-state index contributed by atoms with van der Waals surface area (Å²) in [6.07, 6.45) is 0. The van der Waals surface area contributed by atoms with Crippen LogP contribution in [0.3, 0.4) is 0 Å². The van der Waals surface area contributed by atoms with E-state index in [-0.39, 0.29) is 11.9 Å². The van der Waals surface area contributed by atoms with Gasteiger partial charge in [0.1, 0.15) is 6.04 Å². The number of ether oxygens (including phenoxy) is 1. The van der Waals surface area contributed by atoms with Crippen molar-refractivity contribution in [1.82, 2.24) is 14.9 Å². The van der Waals surface area contributed by atoms with Gasteiger partial charge in [0.25, 0.3) is 0 Å². The molecular weight excluding hydrogens is 274 g/mol. The number of rotatable bonds is 5. The first-order valence-corrected chi connectivity index (χ1v) is 6.93. The number of carbonyl (C=O) groups excluding carboxylic acids is 1. The van der Waals surface area contributed by atoms with Gasteiger partial charge >= 0.3 is 0 Å². The molecule has 1 aromatic heterocycles. The largest absolute Gasteiger partial charge is 0.383 e. The topological polar surface area (TPSA) is 59.0 Å². The number of hydrogen-bond acceptors (Lipinski definition) is 3. The lowest BCUT2D eigenvalue weighted by atomic mass is 10.2. The van der Waals surface area contributed by atoms with E-state index >= 15 is 0 Å². The van der Waals surface area contributed by atoms with Crippen LogP contribution in [0.25, 0.3) is 11.0 Å². The third kappa shape index (κ3) is 2.91. The molecule has 1 amide bonds. The van der Waals surface area contributed by atoms with Crippen LogP contribution in [0.4, 0.5) is 0 Å². The molecule has 1 aromatic carbocycles. The van der Waals surface area contributed by atoms with Gasteiger partial charge in [0.15, 0.2) is 4.77 Å². The number of carbonyl (C=O) groups is 1. The summed E-state index contributed by atoms with van der Waals surface area (Å²) >= 11 is 5.33. The van der Waals surface area contributed by atoms with Crippen LogP contribution in [-0.4, -0.2) is 35.7 Å². The van der Waals surface area contributed by atoms with Crippen molar-refractivity contribution < 1.29 is 9.53 Å². The van der Waals surface area contributed by atoms with Crippen molar-refractivity contribution in [3.63, 3.8) is 0 Å². The maximum atomic E-state index is 12.1. The van der Waals surface area contributed by atoms with Gasteiger partial charge < -0.3 is 19.6 Å². The third-order valence-corrected chi connectivity index (χ3v) is 3.54. The Morgan fingerprint density at radius 1 is 1.55 bits per heavy atom. The van der Waals surface area contributed by atoms with Crippen molar-refractivity contribution in [1.29, 1.82) is 0 Å². The highest BCUT2D eigenvalue weighted by molar-refractivity contribution is 7.71. The second-order valence-corrected chi connectivity index (χ2v) is 5.17. The van der Waals surface area contributed by atoms with Crippen molar-refractivity contribution in [2.75, 3.05) is 20.3 Å². The molecule has 1 unspecified atom stereocenters. The number of benzene rings is 1. The molecule has 20 heavy (non-hydrogen) atoms. The molecule has 2 aromatic rings. The number of aryl methyl sites for hydroxylation is 1. The normalized spacial score (nSPS) is 12.6. The van der Waals surface area contributed by atoms with Gasteiger partial charge in [-0.15, -0.1) is 0 Å². The first-order valence-electron chi connectivity index (χ1n) is 6.52. The van der Waals surface area contributed by atoms with Gasteiger partial charge in [-0.25, -0.2) is 0 Å². The van der Waals surface area contributed by atoms with Gasteiger partial charge in [-0.05, 0) is 43.8 Å². The van der Waals surface area contributed by atoms with Crippen molar-refractivity contribution >= 4 is 29.2 Å². The Hall–Kier alpha value is -1.66. The number of H-pyrrole nitrogens is 1. The zero-order chi connectivity index (χ0) is 14.7. The van der Waals surface area contributed by atoms with E-state index in [9.17, 15) is 4.79 Å². The molecule has 0 bridgehead atoms. The molecule has 6 heteroatoms. The van der Waals surface area contributed by atoms with Crippen LogP contribution in [-0.2, 0) is 9.53 Å². The van der Waals surface area contributed by atoms with Crippen LogP contribution in [0.1, 0.15) is 18.5 Å². The number of imidazole rings is 1. The predicted molar refractivity (Wildman–Crippen MR) is 81.5 cm³/mol. The minimum atomic E-state index is -0.365. The van der Waals surface area contributed by atoms with E-state index < -0.39 is 0 Å². The smallest absolute Gasteiger partial charge is 0.242 e. The van der Waals surface area contributed by atoms with E-state index in [0.29, 0.717) is 17.9 Å². The molecule has 0 aliphatic heterocycles. The lowest BCUT2D eigenvalue weighted by molar-refractivity contribution is -0.124. The molecule has 1 heterocycles. The summed E-state index contributed by atoms with van der Waals surface area (Å²) in [7, 11) is 1.60. The molecule has 0 fully saturated rings. The number of nitrogens with zero attached hydrogens (tertiary/aromatic N) is 1. The van der Waals surface area contributed by atoms with Crippen LogP contribution >= 0.6 is 12.2 Å². The Labute approximate surface area is 122 Å². The van der Waals surface area contributed by atoms with Gasteiger partial charge in [-0.1, -0.05) is 6.07 Å². The summed E-state index contributed by atoms with van der Waals surface area (Å²) in [6.45, 7) is 4.85. The van der Waals surface area contributed by atoms with Crippen molar-refractivity contribution in [2.45, 2.75) is 19.9 Å². The lowest BCUT2D eigenvalue weighted by Gasteiger charge is -2.14.